The van der Waals surface area contributed by atoms with Crippen molar-refractivity contribution in [3.8, 4) is 0 Å². The van der Waals surface area contributed by atoms with Crippen LogP contribution in [0.1, 0.15) is 44.3 Å². The van der Waals surface area contributed by atoms with Crippen LogP contribution in [0.25, 0.3) is 0 Å². The van der Waals surface area contributed by atoms with E-state index < -0.39 is 0 Å². The van der Waals surface area contributed by atoms with Gasteiger partial charge in [0.15, 0.2) is 0 Å². The first-order valence-electron chi connectivity index (χ1n) is 8.90. The topological polar surface area (TPSA) is 34.8 Å². The van der Waals surface area contributed by atoms with Crippen molar-refractivity contribution in [1.82, 2.24) is 4.90 Å². The molecule has 0 bridgehead atoms. The average molecular weight is 305 g/mol. The summed E-state index contributed by atoms with van der Waals surface area (Å²) in [6.45, 7) is 3.64. The minimum Gasteiger partial charge on any atom is -0.468 e. The smallest absolute Gasteiger partial charge is 0.117 e. The van der Waals surface area contributed by atoms with Crippen LogP contribution >= 0.6 is 0 Å². The molecule has 1 aromatic heterocycles. The van der Waals surface area contributed by atoms with Gasteiger partial charge in [-0.2, -0.15) is 0 Å². The summed E-state index contributed by atoms with van der Waals surface area (Å²) < 4.78 is 17.9. The van der Waals surface area contributed by atoms with Crippen LogP contribution in [0.4, 0.5) is 0 Å². The summed E-state index contributed by atoms with van der Waals surface area (Å²) in [6, 6.07) is 4.52. The lowest BCUT2D eigenvalue weighted by Gasteiger charge is -2.38. The van der Waals surface area contributed by atoms with Gasteiger partial charge in [0, 0.05) is 19.2 Å². The van der Waals surface area contributed by atoms with Crippen LogP contribution in [0.5, 0.6) is 0 Å². The standard InChI is InChI=1S/C18H27NO3/c1-2-5-14(4-1)13-22-17-8-7-16-18(17)21-11-9-19(16)12-15-6-3-10-20-15/h3,6,10,14,16-18H,1-2,4-5,7-9,11-13H2/t16-,17+,18+/m0/s1. The molecule has 2 saturated carbocycles. The minimum atomic E-state index is 0.255. The molecule has 0 N–H and O–H groups in total. The van der Waals surface area contributed by atoms with Gasteiger partial charge in [0.1, 0.15) is 5.76 Å². The summed E-state index contributed by atoms with van der Waals surface area (Å²) in [4.78, 5) is 2.52. The van der Waals surface area contributed by atoms with Gasteiger partial charge in [-0.05, 0) is 43.7 Å². The third kappa shape index (κ3) is 3.10. The van der Waals surface area contributed by atoms with Gasteiger partial charge in [-0.15, -0.1) is 0 Å². The zero-order valence-electron chi connectivity index (χ0n) is 13.3. The highest BCUT2D eigenvalue weighted by molar-refractivity contribution is 5.02. The van der Waals surface area contributed by atoms with Crippen molar-refractivity contribution in [3.05, 3.63) is 24.2 Å². The summed E-state index contributed by atoms with van der Waals surface area (Å²) in [5, 5.41) is 0. The molecule has 0 amide bonds. The number of nitrogens with zero attached hydrogens (tertiary/aromatic N) is 1. The van der Waals surface area contributed by atoms with Gasteiger partial charge in [-0.25, -0.2) is 0 Å². The van der Waals surface area contributed by atoms with Crippen molar-refractivity contribution >= 4 is 0 Å². The molecule has 2 heterocycles. The van der Waals surface area contributed by atoms with Crippen molar-refractivity contribution in [2.75, 3.05) is 19.8 Å². The van der Waals surface area contributed by atoms with Gasteiger partial charge in [0.2, 0.25) is 0 Å². The Bertz CT molecular complexity index is 455. The zero-order chi connectivity index (χ0) is 14.8. The molecule has 1 saturated heterocycles. The molecule has 0 aromatic carbocycles. The molecule has 1 aliphatic heterocycles. The third-order valence-electron chi connectivity index (χ3n) is 5.61. The highest BCUT2D eigenvalue weighted by Crippen LogP contribution is 2.34. The monoisotopic (exact) mass is 305 g/mol. The van der Waals surface area contributed by atoms with Gasteiger partial charge in [0.05, 0.1) is 31.6 Å². The van der Waals surface area contributed by atoms with E-state index in [1.165, 1.54) is 32.1 Å². The summed E-state index contributed by atoms with van der Waals surface area (Å²) in [7, 11) is 0. The summed E-state index contributed by atoms with van der Waals surface area (Å²) in [5.74, 6) is 1.85. The van der Waals surface area contributed by atoms with Gasteiger partial charge in [0.25, 0.3) is 0 Å². The molecule has 4 heteroatoms. The SMILES string of the molecule is c1coc(CN2CCO[C@H]3[C@H](OCC4CCCC4)CC[C@@H]32)c1. The molecule has 22 heavy (non-hydrogen) atoms. The lowest BCUT2D eigenvalue weighted by atomic mass is 10.1. The molecule has 3 fully saturated rings. The number of hydrogen-bond donors (Lipinski definition) is 0. The summed E-state index contributed by atoms with van der Waals surface area (Å²) in [6.07, 6.45) is 10.1. The summed E-state index contributed by atoms with van der Waals surface area (Å²) in [5.41, 5.74) is 0. The Balaban J connectivity index is 1.33. The number of hydrogen-bond acceptors (Lipinski definition) is 4. The number of furan rings is 1. The highest BCUT2D eigenvalue weighted by Gasteiger charge is 2.43. The van der Waals surface area contributed by atoms with Gasteiger partial charge in [-0.1, -0.05) is 12.8 Å². The third-order valence-corrected chi connectivity index (χ3v) is 5.61. The lowest BCUT2D eigenvalue weighted by molar-refractivity contribution is -0.119. The van der Waals surface area contributed by atoms with Crippen LogP contribution in [0.3, 0.4) is 0 Å². The first kappa shape index (κ1) is 14.7. The zero-order valence-corrected chi connectivity index (χ0v) is 13.3. The molecular weight excluding hydrogens is 278 g/mol. The predicted molar refractivity (Wildman–Crippen MR) is 83.6 cm³/mol. The molecule has 122 valence electrons. The van der Waals surface area contributed by atoms with Crippen molar-refractivity contribution in [1.29, 1.82) is 0 Å². The Morgan fingerprint density at radius 2 is 2.09 bits per heavy atom. The van der Waals surface area contributed by atoms with Gasteiger partial charge < -0.3 is 13.9 Å². The largest absolute Gasteiger partial charge is 0.468 e. The number of morpholine rings is 1. The Morgan fingerprint density at radius 3 is 2.91 bits per heavy atom. The Morgan fingerprint density at radius 1 is 1.18 bits per heavy atom. The number of ether oxygens (including phenoxy) is 2. The Kier molecular flexibility index (Phi) is 4.51. The van der Waals surface area contributed by atoms with E-state index in [0.717, 1.165) is 44.4 Å². The highest BCUT2D eigenvalue weighted by atomic mass is 16.5. The van der Waals surface area contributed by atoms with Crippen LogP contribution in [0, 0.1) is 5.92 Å². The van der Waals surface area contributed by atoms with Crippen molar-refractivity contribution in [2.24, 2.45) is 5.92 Å². The quantitative estimate of drug-likeness (QED) is 0.836. The molecule has 1 aromatic rings. The predicted octanol–water partition coefficient (Wildman–Crippen LogP) is 3.22. The average Bonchev–Trinajstić information content (AvgIpc) is 3.27. The second-order valence-corrected chi connectivity index (χ2v) is 7.05. The van der Waals surface area contributed by atoms with E-state index in [1.807, 2.05) is 6.07 Å². The maximum absolute atomic E-state index is 6.26. The second-order valence-electron chi connectivity index (χ2n) is 7.05. The maximum Gasteiger partial charge on any atom is 0.117 e. The van der Waals surface area contributed by atoms with E-state index in [-0.39, 0.29) is 6.10 Å². The van der Waals surface area contributed by atoms with E-state index >= 15 is 0 Å². The second kappa shape index (κ2) is 6.73. The van der Waals surface area contributed by atoms with Crippen molar-refractivity contribution in [2.45, 2.75) is 63.3 Å². The molecule has 4 nitrogen and oxygen atoms in total. The van der Waals surface area contributed by atoms with E-state index in [4.69, 9.17) is 13.9 Å². The van der Waals surface area contributed by atoms with E-state index in [1.54, 1.807) is 6.26 Å². The van der Waals surface area contributed by atoms with Crippen LogP contribution in [-0.4, -0.2) is 42.9 Å². The van der Waals surface area contributed by atoms with E-state index in [2.05, 4.69) is 11.0 Å². The van der Waals surface area contributed by atoms with Gasteiger partial charge >= 0.3 is 0 Å². The van der Waals surface area contributed by atoms with Crippen LogP contribution in [0.15, 0.2) is 22.8 Å². The number of rotatable bonds is 5. The Labute approximate surface area is 132 Å². The molecule has 0 unspecified atom stereocenters. The summed E-state index contributed by atoms with van der Waals surface area (Å²) >= 11 is 0. The number of fused-ring (bicyclic) bond motifs is 1. The fourth-order valence-corrected chi connectivity index (χ4v) is 4.41. The molecule has 3 aliphatic rings. The van der Waals surface area contributed by atoms with E-state index in [0.29, 0.717) is 12.1 Å². The first-order valence-corrected chi connectivity index (χ1v) is 8.90. The van der Waals surface area contributed by atoms with Gasteiger partial charge in [-0.3, -0.25) is 4.90 Å². The van der Waals surface area contributed by atoms with E-state index in [9.17, 15) is 0 Å². The molecule has 3 atom stereocenters. The molecule has 0 spiro atoms. The molecular formula is C18H27NO3. The molecule has 2 aliphatic carbocycles. The minimum absolute atomic E-state index is 0.255. The van der Waals surface area contributed by atoms with Crippen LogP contribution in [-0.2, 0) is 16.0 Å². The lowest BCUT2D eigenvalue weighted by Crippen LogP contribution is -2.51. The molecule has 0 radical (unpaired) electrons. The first-order chi connectivity index (χ1) is 10.9. The molecule has 4 rings (SSSR count). The van der Waals surface area contributed by atoms with Crippen molar-refractivity contribution in [3.63, 3.8) is 0 Å². The van der Waals surface area contributed by atoms with Crippen LogP contribution < -0.4 is 0 Å². The van der Waals surface area contributed by atoms with Crippen LogP contribution in [0.2, 0.25) is 0 Å². The Hall–Kier alpha value is -0.840. The maximum atomic E-state index is 6.26. The fourth-order valence-electron chi connectivity index (χ4n) is 4.41. The fraction of sp³-hybridized carbons (Fsp3) is 0.778. The normalized spacial score (nSPS) is 33.4. The van der Waals surface area contributed by atoms with Crippen molar-refractivity contribution < 1.29 is 13.9 Å².